The number of rotatable bonds is 1. The van der Waals surface area contributed by atoms with Crippen LogP contribution in [-0.4, -0.2) is 30.3 Å². The second kappa shape index (κ2) is 4.48. The summed E-state index contributed by atoms with van der Waals surface area (Å²) in [6.07, 6.45) is 8.01. The molecule has 2 heteroatoms. The molecule has 84 valence electrons. The predicted octanol–water partition coefficient (Wildman–Crippen LogP) is 2.40. The Morgan fingerprint density at radius 2 is 2.13 bits per heavy atom. The number of nitrogens with zero attached hydrogens (tertiary/aromatic N) is 1. The highest BCUT2D eigenvalue weighted by atomic mass is 16.1. The van der Waals surface area contributed by atoms with Gasteiger partial charge in [0.05, 0.1) is 0 Å². The van der Waals surface area contributed by atoms with Gasteiger partial charge in [0.2, 0.25) is 0 Å². The lowest BCUT2D eigenvalue weighted by atomic mass is 9.84. The van der Waals surface area contributed by atoms with E-state index in [0.29, 0.717) is 11.8 Å². The Kier molecular flexibility index (Phi) is 3.25. The summed E-state index contributed by atoms with van der Waals surface area (Å²) in [5.74, 6) is 0.665. The number of hydrogen-bond acceptors (Lipinski definition) is 2. The molecule has 1 heterocycles. The number of hydrogen-bond donors (Lipinski definition) is 0. The number of likely N-dealkylation sites (N-methyl/N-ethyl adjacent to an activating group) is 1. The van der Waals surface area contributed by atoms with Gasteiger partial charge in [-0.3, -0.25) is 9.69 Å². The highest BCUT2D eigenvalue weighted by molar-refractivity contribution is 5.97. The second-order valence-electron chi connectivity index (χ2n) is 5.04. The standard InChI is InChI=1S/C13H21NO/c1-10-5-3-6-11(13(10)15)9-12-7-4-8-14(12)2/h9-10,12H,3-8H2,1-2H3/b11-9+. The first-order valence-corrected chi connectivity index (χ1v) is 6.13. The Morgan fingerprint density at radius 1 is 1.33 bits per heavy atom. The Morgan fingerprint density at radius 3 is 2.80 bits per heavy atom. The summed E-state index contributed by atoms with van der Waals surface area (Å²) in [6.45, 7) is 3.24. The molecule has 0 amide bonds. The maximum absolute atomic E-state index is 11.9. The van der Waals surface area contributed by atoms with Crippen LogP contribution in [0.4, 0.5) is 0 Å². The highest BCUT2D eigenvalue weighted by Gasteiger charge is 2.25. The lowest BCUT2D eigenvalue weighted by molar-refractivity contribution is -0.120. The quantitative estimate of drug-likeness (QED) is 0.615. The van der Waals surface area contributed by atoms with Gasteiger partial charge >= 0.3 is 0 Å². The van der Waals surface area contributed by atoms with E-state index in [1.807, 2.05) is 0 Å². The van der Waals surface area contributed by atoms with Crippen molar-refractivity contribution < 1.29 is 4.79 Å². The summed E-state index contributed by atoms with van der Waals surface area (Å²) >= 11 is 0. The van der Waals surface area contributed by atoms with Crippen LogP contribution < -0.4 is 0 Å². The number of ketones is 1. The fourth-order valence-corrected chi connectivity index (χ4v) is 2.71. The van der Waals surface area contributed by atoms with Gasteiger partial charge in [-0.05, 0) is 51.3 Å². The molecule has 2 unspecified atom stereocenters. The molecule has 2 fully saturated rings. The lowest BCUT2D eigenvalue weighted by Gasteiger charge is -2.22. The smallest absolute Gasteiger partial charge is 0.161 e. The van der Waals surface area contributed by atoms with Gasteiger partial charge < -0.3 is 0 Å². The van der Waals surface area contributed by atoms with E-state index < -0.39 is 0 Å². The van der Waals surface area contributed by atoms with Crippen molar-refractivity contribution in [2.24, 2.45) is 5.92 Å². The molecule has 1 aliphatic carbocycles. The third-order valence-corrected chi connectivity index (χ3v) is 3.82. The Bertz CT molecular complexity index is 282. The van der Waals surface area contributed by atoms with Crippen molar-refractivity contribution in [3.05, 3.63) is 11.6 Å². The van der Waals surface area contributed by atoms with Crippen LogP contribution in [0.1, 0.15) is 39.0 Å². The summed E-state index contributed by atoms with van der Waals surface area (Å²) in [5, 5.41) is 0. The summed E-state index contributed by atoms with van der Waals surface area (Å²) < 4.78 is 0. The molecule has 0 radical (unpaired) electrons. The van der Waals surface area contributed by atoms with E-state index in [2.05, 4.69) is 24.9 Å². The van der Waals surface area contributed by atoms with Gasteiger partial charge in [-0.1, -0.05) is 13.0 Å². The SMILES string of the molecule is CC1CCC/C(=C\C2CCCN2C)C1=O. The zero-order chi connectivity index (χ0) is 10.8. The molecule has 1 saturated carbocycles. The van der Waals surface area contributed by atoms with Crippen LogP contribution in [0.25, 0.3) is 0 Å². The number of carbonyl (C=O) groups is 1. The first kappa shape index (κ1) is 10.9. The minimum atomic E-state index is 0.261. The molecule has 0 N–H and O–H groups in total. The van der Waals surface area contributed by atoms with Gasteiger partial charge in [0.1, 0.15) is 0 Å². The van der Waals surface area contributed by atoms with Crippen LogP contribution in [0.2, 0.25) is 0 Å². The molecule has 0 spiro atoms. The minimum absolute atomic E-state index is 0.261. The molecule has 15 heavy (non-hydrogen) atoms. The molecule has 1 saturated heterocycles. The first-order chi connectivity index (χ1) is 7.18. The van der Waals surface area contributed by atoms with Crippen LogP contribution in [0.3, 0.4) is 0 Å². The van der Waals surface area contributed by atoms with Gasteiger partial charge in [-0.15, -0.1) is 0 Å². The van der Waals surface area contributed by atoms with E-state index in [1.165, 1.54) is 25.8 Å². The van der Waals surface area contributed by atoms with Crippen molar-refractivity contribution >= 4 is 5.78 Å². The van der Waals surface area contributed by atoms with Crippen LogP contribution >= 0.6 is 0 Å². The van der Waals surface area contributed by atoms with Gasteiger partial charge in [0, 0.05) is 12.0 Å². The van der Waals surface area contributed by atoms with Crippen LogP contribution in [0, 0.1) is 5.92 Å². The van der Waals surface area contributed by atoms with E-state index in [4.69, 9.17) is 0 Å². The number of Topliss-reactive ketones (excluding diaryl/α,β-unsaturated/α-hetero) is 1. The van der Waals surface area contributed by atoms with Gasteiger partial charge in [-0.25, -0.2) is 0 Å². The highest BCUT2D eigenvalue weighted by Crippen LogP contribution is 2.27. The molecule has 0 aromatic heterocycles. The molecule has 2 aliphatic rings. The molecular weight excluding hydrogens is 186 g/mol. The topological polar surface area (TPSA) is 20.3 Å². The van der Waals surface area contributed by atoms with Crippen molar-refractivity contribution in [1.82, 2.24) is 4.90 Å². The second-order valence-corrected chi connectivity index (χ2v) is 5.04. The van der Waals surface area contributed by atoms with Gasteiger partial charge in [0.25, 0.3) is 0 Å². The number of likely N-dealkylation sites (tertiary alicyclic amines) is 1. The van der Waals surface area contributed by atoms with E-state index in [1.54, 1.807) is 0 Å². The van der Waals surface area contributed by atoms with Gasteiger partial charge in [-0.2, -0.15) is 0 Å². The molecule has 2 rings (SSSR count). The molecule has 1 aliphatic heterocycles. The summed E-state index contributed by atoms with van der Waals surface area (Å²) in [5.41, 5.74) is 1.10. The molecular formula is C13H21NO. The van der Waals surface area contributed by atoms with E-state index in [-0.39, 0.29) is 5.92 Å². The van der Waals surface area contributed by atoms with E-state index >= 15 is 0 Å². The summed E-state index contributed by atoms with van der Waals surface area (Å²) in [4.78, 5) is 14.3. The fourth-order valence-electron chi connectivity index (χ4n) is 2.71. The average Bonchev–Trinajstić information content (AvgIpc) is 2.60. The fraction of sp³-hybridized carbons (Fsp3) is 0.769. The third kappa shape index (κ3) is 2.31. The molecule has 2 nitrogen and oxygen atoms in total. The summed E-state index contributed by atoms with van der Waals surface area (Å²) in [7, 11) is 2.16. The van der Waals surface area contributed by atoms with Crippen molar-refractivity contribution in [3.63, 3.8) is 0 Å². The summed E-state index contributed by atoms with van der Waals surface area (Å²) in [6, 6.07) is 0.522. The maximum atomic E-state index is 11.9. The number of carbonyl (C=O) groups excluding carboxylic acids is 1. The largest absolute Gasteiger partial charge is 0.300 e. The van der Waals surface area contributed by atoms with Crippen LogP contribution in [0.15, 0.2) is 11.6 Å². The van der Waals surface area contributed by atoms with Crippen molar-refractivity contribution in [1.29, 1.82) is 0 Å². The van der Waals surface area contributed by atoms with Crippen molar-refractivity contribution in [2.45, 2.75) is 45.1 Å². The average molecular weight is 207 g/mol. The maximum Gasteiger partial charge on any atom is 0.161 e. The van der Waals surface area contributed by atoms with Gasteiger partial charge in [0.15, 0.2) is 5.78 Å². The lowest BCUT2D eigenvalue weighted by Crippen LogP contribution is -2.26. The first-order valence-electron chi connectivity index (χ1n) is 6.13. The zero-order valence-electron chi connectivity index (χ0n) is 9.83. The van der Waals surface area contributed by atoms with E-state index in [9.17, 15) is 4.79 Å². The van der Waals surface area contributed by atoms with Crippen LogP contribution in [-0.2, 0) is 4.79 Å². The van der Waals surface area contributed by atoms with Crippen LogP contribution in [0.5, 0.6) is 0 Å². The monoisotopic (exact) mass is 207 g/mol. The normalized spacial score (nSPS) is 36.4. The molecule has 0 aromatic carbocycles. The molecule has 2 atom stereocenters. The Labute approximate surface area is 92.3 Å². The van der Waals surface area contributed by atoms with E-state index in [0.717, 1.165) is 18.4 Å². The minimum Gasteiger partial charge on any atom is -0.300 e. The third-order valence-electron chi connectivity index (χ3n) is 3.82. The Balaban J connectivity index is 2.08. The number of allylic oxidation sites excluding steroid dienone is 1. The van der Waals surface area contributed by atoms with Crippen molar-refractivity contribution in [3.8, 4) is 0 Å². The molecule has 0 bridgehead atoms. The molecule has 0 aromatic rings. The predicted molar refractivity (Wildman–Crippen MR) is 61.8 cm³/mol. The Hall–Kier alpha value is -0.630. The zero-order valence-corrected chi connectivity index (χ0v) is 9.83. The van der Waals surface area contributed by atoms with Crippen molar-refractivity contribution in [2.75, 3.05) is 13.6 Å².